The molecule has 0 aliphatic carbocycles. The molecule has 0 fully saturated rings. The van der Waals surface area contributed by atoms with Crippen LogP contribution in [0, 0.1) is 5.82 Å². The van der Waals surface area contributed by atoms with Crippen molar-refractivity contribution in [3.63, 3.8) is 0 Å². The first-order valence-electron chi connectivity index (χ1n) is 6.38. The van der Waals surface area contributed by atoms with Gasteiger partial charge in [0.1, 0.15) is 17.3 Å². The average molecular weight is 275 g/mol. The lowest BCUT2D eigenvalue weighted by Crippen LogP contribution is -2.08. The predicted octanol–water partition coefficient (Wildman–Crippen LogP) is 4.02. The van der Waals surface area contributed by atoms with Gasteiger partial charge in [-0.15, -0.1) is 0 Å². The Morgan fingerprint density at radius 1 is 1.05 bits per heavy atom. The summed E-state index contributed by atoms with van der Waals surface area (Å²) < 4.78 is 23.8. The van der Waals surface area contributed by atoms with Crippen LogP contribution in [0.2, 0.25) is 0 Å². The SMILES string of the molecule is COc1ccc(OC)c(NC(C)c2cccc(F)c2)c1. The Labute approximate surface area is 118 Å². The van der Waals surface area contributed by atoms with Crippen molar-refractivity contribution in [1.82, 2.24) is 0 Å². The van der Waals surface area contributed by atoms with Crippen molar-refractivity contribution in [2.24, 2.45) is 0 Å². The van der Waals surface area contributed by atoms with E-state index in [0.717, 1.165) is 17.0 Å². The van der Waals surface area contributed by atoms with Crippen LogP contribution in [0.25, 0.3) is 0 Å². The lowest BCUT2D eigenvalue weighted by atomic mass is 10.1. The number of hydrogen-bond donors (Lipinski definition) is 1. The second-order valence-corrected chi connectivity index (χ2v) is 4.49. The number of nitrogens with one attached hydrogen (secondary N) is 1. The third-order valence-corrected chi connectivity index (χ3v) is 3.13. The van der Waals surface area contributed by atoms with Gasteiger partial charge in [0.05, 0.1) is 19.9 Å². The lowest BCUT2D eigenvalue weighted by molar-refractivity contribution is 0.404. The lowest BCUT2D eigenvalue weighted by Gasteiger charge is -2.18. The second-order valence-electron chi connectivity index (χ2n) is 4.49. The molecule has 0 saturated heterocycles. The molecular formula is C16H18FNO2. The molecule has 106 valence electrons. The summed E-state index contributed by atoms with van der Waals surface area (Å²) in [6.45, 7) is 1.97. The molecule has 0 aliphatic heterocycles. The second kappa shape index (κ2) is 6.28. The summed E-state index contributed by atoms with van der Waals surface area (Å²) >= 11 is 0. The van der Waals surface area contributed by atoms with Gasteiger partial charge in [0.15, 0.2) is 0 Å². The van der Waals surface area contributed by atoms with Crippen LogP contribution in [0.15, 0.2) is 42.5 Å². The minimum absolute atomic E-state index is 0.0493. The molecule has 20 heavy (non-hydrogen) atoms. The van der Waals surface area contributed by atoms with Crippen molar-refractivity contribution >= 4 is 5.69 Å². The topological polar surface area (TPSA) is 30.5 Å². The van der Waals surface area contributed by atoms with E-state index in [1.165, 1.54) is 12.1 Å². The molecule has 0 spiro atoms. The van der Waals surface area contributed by atoms with E-state index < -0.39 is 0 Å². The average Bonchev–Trinajstić information content (AvgIpc) is 2.47. The molecule has 1 atom stereocenters. The molecule has 2 aromatic rings. The summed E-state index contributed by atoms with van der Waals surface area (Å²) in [6.07, 6.45) is 0. The van der Waals surface area contributed by atoms with E-state index in [1.807, 2.05) is 31.2 Å². The van der Waals surface area contributed by atoms with Gasteiger partial charge in [0, 0.05) is 12.1 Å². The fourth-order valence-electron chi connectivity index (χ4n) is 2.02. The molecule has 0 amide bonds. The van der Waals surface area contributed by atoms with Gasteiger partial charge in [0.2, 0.25) is 0 Å². The Balaban J connectivity index is 2.24. The highest BCUT2D eigenvalue weighted by atomic mass is 19.1. The first-order chi connectivity index (χ1) is 9.63. The van der Waals surface area contributed by atoms with Gasteiger partial charge in [-0.1, -0.05) is 12.1 Å². The van der Waals surface area contributed by atoms with Crippen molar-refractivity contribution in [3.05, 3.63) is 53.8 Å². The Kier molecular flexibility index (Phi) is 4.45. The number of methoxy groups -OCH3 is 2. The number of anilines is 1. The molecule has 0 radical (unpaired) electrons. The van der Waals surface area contributed by atoms with Gasteiger partial charge in [-0.25, -0.2) is 4.39 Å². The first-order valence-corrected chi connectivity index (χ1v) is 6.38. The van der Waals surface area contributed by atoms with Crippen LogP contribution in [0.5, 0.6) is 11.5 Å². The van der Waals surface area contributed by atoms with Crippen molar-refractivity contribution in [3.8, 4) is 11.5 Å². The highest BCUT2D eigenvalue weighted by Crippen LogP contribution is 2.31. The van der Waals surface area contributed by atoms with Crippen LogP contribution in [0.1, 0.15) is 18.5 Å². The van der Waals surface area contributed by atoms with Crippen LogP contribution < -0.4 is 14.8 Å². The molecule has 0 heterocycles. The standard InChI is InChI=1S/C16H18FNO2/c1-11(12-5-4-6-13(17)9-12)18-15-10-14(19-2)7-8-16(15)20-3/h4-11,18H,1-3H3. The third kappa shape index (κ3) is 3.20. The fourth-order valence-corrected chi connectivity index (χ4v) is 2.02. The Morgan fingerprint density at radius 2 is 1.85 bits per heavy atom. The quantitative estimate of drug-likeness (QED) is 0.894. The molecule has 2 aromatic carbocycles. The predicted molar refractivity (Wildman–Crippen MR) is 78.0 cm³/mol. The summed E-state index contributed by atoms with van der Waals surface area (Å²) in [5.41, 5.74) is 1.68. The molecule has 0 aromatic heterocycles. The molecule has 0 aliphatic rings. The monoisotopic (exact) mass is 275 g/mol. The number of benzene rings is 2. The Hall–Kier alpha value is -2.23. The molecule has 1 unspecified atom stereocenters. The van der Waals surface area contributed by atoms with E-state index in [9.17, 15) is 4.39 Å². The number of rotatable bonds is 5. The smallest absolute Gasteiger partial charge is 0.142 e. The van der Waals surface area contributed by atoms with Crippen LogP contribution in [-0.2, 0) is 0 Å². The van der Waals surface area contributed by atoms with Gasteiger partial charge in [-0.2, -0.15) is 0 Å². The van der Waals surface area contributed by atoms with Crippen molar-refractivity contribution < 1.29 is 13.9 Å². The largest absolute Gasteiger partial charge is 0.497 e. The van der Waals surface area contributed by atoms with Crippen LogP contribution in [0.4, 0.5) is 10.1 Å². The summed E-state index contributed by atoms with van der Waals surface area (Å²) in [7, 11) is 3.22. The highest BCUT2D eigenvalue weighted by molar-refractivity contribution is 5.60. The van der Waals surface area contributed by atoms with E-state index in [0.29, 0.717) is 5.75 Å². The van der Waals surface area contributed by atoms with Crippen molar-refractivity contribution in [1.29, 1.82) is 0 Å². The zero-order valence-corrected chi connectivity index (χ0v) is 11.8. The number of halogens is 1. The first kappa shape index (κ1) is 14.2. The maximum absolute atomic E-state index is 13.3. The summed E-state index contributed by atoms with van der Waals surface area (Å²) in [5.74, 6) is 1.21. The maximum atomic E-state index is 13.3. The summed E-state index contributed by atoms with van der Waals surface area (Å²) in [6, 6.07) is 12.0. The molecule has 4 heteroatoms. The molecule has 0 bridgehead atoms. The Morgan fingerprint density at radius 3 is 2.50 bits per heavy atom. The van der Waals surface area contributed by atoms with Crippen LogP contribution in [0.3, 0.4) is 0 Å². The molecular weight excluding hydrogens is 257 g/mol. The van der Waals surface area contributed by atoms with Gasteiger partial charge in [0.25, 0.3) is 0 Å². The molecule has 3 nitrogen and oxygen atoms in total. The minimum atomic E-state index is -0.242. The maximum Gasteiger partial charge on any atom is 0.142 e. The minimum Gasteiger partial charge on any atom is -0.497 e. The molecule has 0 saturated carbocycles. The van der Waals surface area contributed by atoms with E-state index >= 15 is 0 Å². The van der Waals surface area contributed by atoms with E-state index in [4.69, 9.17) is 9.47 Å². The van der Waals surface area contributed by atoms with Gasteiger partial charge in [-0.05, 0) is 36.8 Å². The molecule has 2 rings (SSSR count). The van der Waals surface area contributed by atoms with Crippen molar-refractivity contribution in [2.45, 2.75) is 13.0 Å². The normalized spacial score (nSPS) is 11.8. The van der Waals surface area contributed by atoms with E-state index in [1.54, 1.807) is 20.3 Å². The van der Waals surface area contributed by atoms with Crippen LogP contribution >= 0.6 is 0 Å². The molecule has 1 N–H and O–H groups in total. The summed E-state index contributed by atoms with van der Waals surface area (Å²) in [5, 5.41) is 3.31. The van der Waals surface area contributed by atoms with Crippen molar-refractivity contribution in [2.75, 3.05) is 19.5 Å². The Bertz CT molecular complexity index is 586. The zero-order valence-electron chi connectivity index (χ0n) is 11.8. The van der Waals surface area contributed by atoms with Gasteiger partial charge >= 0.3 is 0 Å². The van der Waals surface area contributed by atoms with Gasteiger partial charge in [-0.3, -0.25) is 0 Å². The zero-order chi connectivity index (χ0) is 14.5. The fraction of sp³-hybridized carbons (Fsp3) is 0.250. The highest BCUT2D eigenvalue weighted by Gasteiger charge is 2.10. The van der Waals surface area contributed by atoms with E-state index in [2.05, 4.69) is 5.32 Å². The summed E-state index contributed by atoms with van der Waals surface area (Å²) in [4.78, 5) is 0. The third-order valence-electron chi connectivity index (χ3n) is 3.13. The van der Waals surface area contributed by atoms with Crippen LogP contribution in [-0.4, -0.2) is 14.2 Å². The van der Waals surface area contributed by atoms with E-state index in [-0.39, 0.29) is 11.9 Å². The van der Waals surface area contributed by atoms with Gasteiger partial charge < -0.3 is 14.8 Å². The number of hydrogen-bond acceptors (Lipinski definition) is 3. The number of ether oxygens (including phenoxy) is 2.